The number of aromatic amines is 1. The molecule has 7 fully saturated rings. The molecular formula is C102H133ClN24O13S3. The van der Waals surface area contributed by atoms with Crippen molar-refractivity contribution in [3.8, 4) is 44.9 Å². The van der Waals surface area contributed by atoms with Crippen LogP contribution in [-0.2, 0) is 57.5 Å². The van der Waals surface area contributed by atoms with Crippen molar-refractivity contribution in [2.75, 3.05) is 75.6 Å². The lowest BCUT2D eigenvalue weighted by Gasteiger charge is -2.36. The lowest BCUT2D eigenvalue weighted by Crippen LogP contribution is -2.57. The number of halogens is 1. The van der Waals surface area contributed by atoms with Crippen molar-refractivity contribution in [2.45, 2.75) is 254 Å². The van der Waals surface area contributed by atoms with Gasteiger partial charge in [-0.05, 0) is 200 Å². The van der Waals surface area contributed by atoms with Crippen LogP contribution < -0.4 is 63.8 Å². The van der Waals surface area contributed by atoms with Gasteiger partial charge in [0, 0.05) is 93.7 Å². The van der Waals surface area contributed by atoms with Crippen LogP contribution in [0.25, 0.3) is 44.9 Å². The lowest BCUT2D eigenvalue weighted by molar-refractivity contribution is -0.142. The monoisotopic (exact) mass is 2030 g/mol. The maximum absolute atomic E-state index is 13.8. The number of aliphatic hydroxyl groups excluding tert-OH is 1. The molecule has 0 bridgehead atoms. The number of carbonyl (C=O) groups excluding carboxylic acids is 12. The summed E-state index contributed by atoms with van der Waals surface area (Å²) in [5.41, 5.74) is 7.59. The molecule has 0 unspecified atom stereocenters. The standard InChI is InChI=1S/C27H38N6O3.C25H27ClN6O3S.C25H34N6O4S.C25H34N6O3S/c1-17-22(19-11-6-4-7-12-19)24(32-31-17)30-26(35)21-15-10-16-33(21)27(36)23(20-13-8-5-9-14-20)29-25(34)18(2)28-3;1-15(27-2)22(33)28-21(17-10-12-18(26)13-11-17)25(35)32-14-6-9-19(32)23(34)29-24-20(30-31-36-24)16-7-4-3-5-8-16;1-15(26-2)22(33)27-21(17-10-12-18(32)13-11-17)25(35)31-14-6-9-19(31)23(34)28-24-20(29-30-36-24)16-7-4-3-5-8-16;1-16(26-2)22(32)27-19(15-17-9-6-7-10-17)25(34)31-14-8-13-20(31)23(33)28-24-21(29-30-35-24)18-11-4-3-5-12-18/h4,6-7,11-12,18,20-21,23,28H,5,8-10,13-16H2,1-3H3,(H,29,34)(H2,30,31,32,35);3-5,7-8,10-13,15,19,21,27H,6,9,14H2,1-2H3,(H,28,33)(H,29,34);3-5,7-8,15,17-19,21,26,32H,6,9-14H2,1-2H3,(H,27,33)(H,28,34);3-5,11-12,16-17,19-20,26H,6-10,13-15H2,1-2H3,(H,27,32)(H,28,33)/t18-,21-,23-;15-,19-,21-;15-,17?,18?,19-,21-;16-,19-,20-/m0000/s1. The van der Waals surface area contributed by atoms with E-state index in [1.165, 1.54) is 4.90 Å². The van der Waals surface area contributed by atoms with Gasteiger partial charge < -0.3 is 88.5 Å². The Kier molecular flexibility index (Phi) is 39.9. The van der Waals surface area contributed by atoms with Crippen LogP contribution >= 0.6 is 46.2 Å². The first-order chi connectivity index (χ1) is 69.1. The molecule has 143 heavy (non-hydrogen) atoms. The molecular weight excluding hydrogens is 1900 g/mol. The zero-order chi connectivity index (χ0) is 102. The third-order valence-electron chi connectivity index (χ3n) is 28.1. The smallest absolute Gasteiger partial charge is 0.250 e. The minimum Gasteiger partial charge on any atom is -0.393 e. The van der Waals surface area contributed by atoms with Gasteiger partial charge in [-0.2, -0.15) is 5.10 Å². The Labute approximate surface area is 850 Å². The second-order valence-corrected chi connectivity index (χ2v) is 40.2. The van der Waals surface area contributed by atoms with Gasteiger partial charge in [-0.1, -0.05) is 203 Å². The Balaban J connectivity index is 0.000000160. The number of hydrogen-bond acceptors (Lipinski definition) is 27. The summed E-state index contributed by atoms with van der Waals surface area (Å²) >= 11 is 9.35. The summed E-state index contributed by atoms with van der Waals surface area (Å²) in [5, 5.41) is 67.1. The second-order valence-electron chi connectivity index (χ2n) is 37.5. The molecule has 14 N–H and O–H groups in total. The SMILES string of the molecule is CN[C@@H](C)C(=O)N[C@@H](CC1CCCC1)C(=O)N1CCC[C@H]1C(=O)Nc1snnc1-c1ccccc1.CN[C@@H](C)C(=O)N[C@H](C(=O)N1CCC[C@H]1C(=O)Nc1n[nH]c(C)c1-c1ccccc1)C1CCCCC1.CN[C@@H](C)C(=O)N[C@H](C(=O)N1CCC[C@H]1C(=O)Nc1snnc1-c1ccccc1)C1CCC(O)CC1.CN[C@@H](C)C(=O)N[C@H](C(=O)N1CCC[C@H]1C(=O)Nc1snnc1-c1ccccc1)c1ccc(Cl)cc1. The largest absolute Gasteiger partial charge is 0.393 e. The van der Waals surface area contributed by atoms with Crippen LogP contribution in [0.4, 0.5) is 20.8 Å². The molecule has 12 atom stereocenters. The van der Waals surface area contributed by atoms with Crippen LogP contribution in [0.15, 0.2) is 146 Å². The number of nitrogens with zero attached hydrogens (tertiary/aromatic N) is 11. The number of aliphatic hydroxyl groups is 1. The maximum Gasteiger partial charge on any atom is 0.250 e. The van der Waals surface area contributed by atoms with Crippen LogP contribution in [0, 0.1) is 24.7 Å². The number of amides is 12. The molecule has 5 aromatic carbocycles. The van der Waals surface area contributed by atoms with Gasteiger partial charge in [-0.25, -0.2) is 0 Å². The number of likely N-dealkylation sites (N-methyl/N-ethyl adjacent to an activating group) is 4. The second kappa shape index (κ2) is 52.8. The molecule has 16 rings (SSSR count). The van der Waals surface area contributed by atoms with E-state index >= 15 is 0 Å². The van der Waals surface area contributed by atoms with Crippen molar-refractivity contribution in [2.24, 2.45) is 17.8 Å². The highest BCUT2D eigenvalue weighted by atomic mass is 35.5. The van der Waals surface area contributed by atoms with E-state index in [4.69, 9.17) is 11.6 Å². The molecule has 8 heterocycles. The minimum atomic E-state index is -0.955. The van der Waals surface area contributed by atoms with Crippen LogP contribution in [0.1, 0.15) is 186 Å². The van der Waals surface area contributed by atoms with E-state index in [0.29, 0.717) is 151 Å². The highest BCUT2D eigenvalue weighted by molar-refractivity contribution is 7.11. The number of rotatable bonds is 33. The first-order valence-electron chi connectivity index (χ1n) is 49.7. The molecule has 9 aromatic rings. The zero-order valence-corrected chi connectivity index (χ0v) is 85.6. The van der Waals surface area contributed by atoms with Gasteiger partial charge in [-0.15, -0.1) is 15.3 Å². The first-order valence-corrected chi connectivity index (χ1v) is 52.4. The van der Waals surface area contributed by atoms with Crippen LogP contribution in [0.5, 0.6) is 0 Å². The lowest BCUT2D eigenvalue weighted by atomic mass is 9.81. The van der Waals surface area contributed by atoms with Crippen molar-refractivity contribution in [3.63, 3.8) is 0 Å². The van der Waals surface area contributed by atoms with E-state index in [1.807, 2.05) is 128 Å². The van der Waals surface area contributed by atoms with E-state index in [-0.39, 0.29) is 88.8 Å². The summed E-state index contributed by atoms with van der Waals surface area (Å²) in [7, 11) is 6.80. The number of aryl methyl sites for hydroxylation is 1. The summed E-state index contributed by atoms with van der Waals surface area (Å²) in [6.07, 6.45) is 17.3. The number of likely N-dealkylation sites (tertiary alicyclic amines) is 4. The zero-order valence-electron chi connectivity index (χ0n) is 82.3. The molecule has 4 aromatic heterocycles. The summed E-state index contributed by atoms with van der Waals surface area (Å²) < 4.78 is 12.0. The van der Waals surface area contributed by atoms with Crippen molar-refractivity contribution in [1.82, 2.24) is 101 Å². The fraction of sp³-hybridized carbons (Fsp3) is 0.500. The van der Waals surface area contributed by atoms with Gasteiger partial charge in [0.25, 0.3) is 0 Å². The van der Waals surface area contributed by atoms with E-state index in [9.17, 15) is 62.6 Å². The number of anilines is 4. The third kappa shape index (κ3) is 28.2. The molecule has 12 amide bonds. The number of carbonyl (C=O) groups is 12. The Bertz CT molecular complexity index is 5750. The fourth-order valence-electron chi connectivity index (χ4n) is 19.4. The number of aromatic nitrogens is 8. The van der Waals surface area contributed by atoms with Gasteiger partial charge in [0.2, 0.25) is 70.9 Å². The van der Waals surface area contributed by atoms with Crippen LogP contribution in [0.2, 0.25) is 5.02 Å². The average Bonchev–Trinajstić information content (AvgIpc) is 1.71. The van der Waals surface area contributed by atoms with Crippen molar-refractivity contribution >= 4 is 138 Å². The molecule has 0 spiro atoms. The Hall–Kier alpha value is -12.3. The van der Waals surface area contributed by atoms with Gasteiger partial charge in [0.15, 0.2) is 5.82 Å². The summed E-state index contributed by atoms with van der Waals surface area (Å²) in [6.45, 7) is 10.8. The molecule has 41 heteroatoms. The normalized spacial score (nSPS) is 20.1. The van der Waals surface area contributed by atoms with E-state index < -0.39 is 72.5 Å². The number of hydrogen-bond donors (Lipinski definition) is 14. The van der Waals surface area contributed by atoms with E-state index in [0.717, 1.165) is 139 Å². The van der Waals surface area contributed by atoms with Crippen LogP contribution in [0.3, 0.4) is 0 Å². The molecule has 3 aliphatic carbocycles. The minimum absolute atomic E-state index is 0.0854. The molecule has 7 aliphatic rings. The molecule has 0 radical (unpaired) electrons. The third-order valence-corrected chi connectivity index (χ3v) is 30.3. The number of benzene rings is 5. The molecule has 3 saturated carbocycles. The van der Waals surface area contributed by atoms with E-state index in [2.05, 4.69) is 103 Å². The number of nitrogens with one attached hydrogen (secondary N) is 13. The Morgan fingerprint density at radius 3 is 1.13 bits per heavy atom. The summed E-state index contributed by atoms with van der Waals surface area (Å²) in [4.78, 5) is 166. The van der Waals surface area contributed by atoms with E-state index in [1.54, 1.807) is 94.9 Å². The molecule has 37 nitrogen and oxygen atoms in total. The van der Waals surface area contributed by atoms with Gasteiger partial charge in [0.1, 0.15) is 80.4 Å². The average molecular weight is 2030 g/mol. The molecule has 4 saturated heterocycles. The van der Waals surface area contributed by atoms with Crippen molar-refractivity contribution < 1.29 is 62.6 Å². The predicted octanol–water partition coefficient (Wildman–Crippen LogP) is 10.8. The first kappa shape index (κ1) is 108. The van der Waals surface area contributed by atoms with Crippen molar-refractivity contribution in [3.05, 3.63) is 162 Å². The Morgan fingerprint density at radius 2 is 0.734 bits per heavy atom. The van der Waals surface area contributed by atoms with Gasteiger partial charge in [0.05, 0.1) is 30.3 Å². The topological polar surface area (TPSA) is 488 Å². The fourth-order valence-corrected chi connectivity index (χ4v) is 21.3. The molecule has 4 aliphatic heterocycles. The maximum atomic E-state index is 13.8. The highest BCUT2D eigenvalue weighted by Crippen LogP contribution is 2.39. The Morgan fingerprint density at radius 1 is 0.392 bits per heavy atom. The summed E-state index contributed by atoms with van der Waals surface area (Å²) in [6, 6.07) is 37.8. The number of H-pyrrole nitrogens is 1. The van der Waals surface area contributed by atoms with Crippen molar-refractivity contribution in [1.29, 1.82) is 0 Å². The van der Waals surface area contributed by atoms with Gasteiger partial charge in [-0.3, -0.25) is 62.6 Å². The molecule has 764 valence electrons. The van der Waals surface area contributed by atoms with Crippen LogP contribution in [-0.4, -0.2) is 261 Å². The van der Waals surface area contributed by atoms with Gasteiger partial charge >= 0.3 is 0 Å². The summed E-state index contributed by atoms with van der Waals surface area (Å²) in [5.74, 6) is -2.10. The highest BCUT2D eigenvalue weighted by Gasteiger charge is 2.47. The predicted molar refractivity (Wildman–Crippen MR) is 552 cm³/mol. The quantitative estimate of drug-likeness (QED) is 0.0182.